The molecule has 0 bridgehead atoms. The van der Waals surface area contributed by atoms with Gasteiger partial charge < -0.3 is 4.74 Å². The summed E-state index contributed by atoms with van der Waals surface area (Å²) in [6, 6.07) is 11.2. The molecule has 0 aromatic heterocycles. The Bertz CT molecular complexity index is 791. The van der Waals surface area contributed by atoms with E-state index < -0.39 is 0 Å². The molecule has 0 saturated heterocycles. The Kier molecular flexibility index (Phi) is 7.02. The van der Waals surface area contributed by atoms with E-state index >= 15 is 0 Å². The first-order valence-electron chi connectivity index (χ1n) is 7.87. The average Bonchev–Trinajstić information content (AvgIpc) is 2.55. The van der Waals surface area contributed by atoms with Gasteiger partial charge in [0.2, 0.25) is 0 Å². The van der Waals surface area contributed by atoms with Gasteiger partial charge in [0.25, 0.3) is 5.91 Å². The van der Waals surface area contributed by atoms with Gasteiger partial charge in [0, 0.05) is 9.50 Å². The number of nitrogens with zero attached hydrogens (tertiary/aromatic N) is 1. The van der Waals surface area contributed by atoms with Gasteiger partial charge in [-0.1, -0.05) is 53.5 Å². The van der Waals surface area contributed by atoms with Crippen LogP contribution in [-0.4, -0.2) is 18.7 Å². The topological polar surface area (TPSA) is 50.7 Å². The number of hydrogen-bond donors (Lipinski definition) is 1. The summed E-state index contributed by atoms with van der Waals surface area (Å²) >= 11 is 9.42. The summed E-state index contributed by atoms with van der Waals surface area (Å²) < 4.78 is 6.72. The molecule has 1 N–H and O–H groups in total. The van der Waals surface area contributed by atoms with Crippen molar-refractivity contribution >= 4 is 39.7 Å². The zero-order valence-corrected chi connectivity index (χ0v) is 16.7. The molecule has 2 rings (SSSR count). The summed E-state index contributed by atoms with van der Waals surface area (Å²) in [4.78, 5) is 11.9. The predicted octanol–water partition coefficient (Wildman–Crippen LogP) is 5.06. The van der Waals surface area contributed by atoms with E-state index in [1.165, 1.54) is 6.21 Å². The highest BCUT2D eigenvalue weighted by atomic mass is 79.9. The molecule has 6 heteroatoms. The van der Waals surface area contributed by atoms with Crippen LogP contribution in [-0.2, 0) is 4.79 Å². The van der Waals surface area contributed by atoms with E-state index in [4.69, 9.17) is 16.3 Å². The molecule has 0 atom stereocenters. The minimum absolute atomic E-state index is 0.103. The Balaban J connectivity index is 1.95. The fraction of sp³-hybridized carbons (Fsp3) is 0.263. The maximum absolute atomic E-state index is 11.9. The van der Waals surface area contributed by atoms with Crippen LogP contribution >= 0.6 is 27.5 Å². The number of hydrazone groups is 1. The van der Waals surface area contributed by atoms with Gasteiger partial charge in [-0.05, 0) is 53.8 Å². The van der Waals surface area contributed by atoms with Crippen molar-refractivity contribution in [2.24, 2.45) is 5.10 Å². The van der Waals surface area contributed by atoms with Crippen LogP contribution in [0.4, 0.5) is 0 Å². The van der Waals surface area contributed by atoms with Crippen molar-refractivity contribution in [1.29, 1.82) is 0 Å². The number of rotatable bonds is 6. The normalized spacial score (nSPS) is 11.1. The molecule has 0 aliphatic carbocycles. The molecule has 0 heterocycles. The van der Waals surface area contributed by atoms with Crippen LogP contribution in [0.2, 0.25) is 5.02 Å². The highest BCUT2D eigenvalue weighted by molar-refractivity contribution is 9.10. The first-order chi connectivity index (χ1) is 11.9. The Morgan fingerprint density at radius 2 is 2.12 bits per heavy atom. The van der Waals surface area contributed by atoms with Crippen LogP contribution in [0.25, 0.3) is 0 Å². The molecule has 0 spiro atoms. The van der Waals surface area contributed by atoms with Gasteiger partial charge in [0.05, 0.1) is 6.21 Å². The van der Waals surface area contributed by atoms with Crippen molar-refractivity contribution in [2.75, 3.05) is 6.61 Å². The number of benzene rings is 2. The van der Waals surface area contributed by atoms with Gasteiger partial charge in [-0.3, -0.25) is 4.79 Å². The number of ether oxygens (including phenoxy) is 1. The first-order valence-corrected chi connectivity index (χ1v) is 9.04. The fourth-order valence-corrected chi connectivity index (χ4v) is 2.75. The van der Waals surface area contributed by atoms with Gasteiger partial charge in [-0.15, -0.1) is 0 Å². The predicted molar refractivity (Wildman–Crippen MR) is 106 cm³/mol. The lowest BCUT2D eigenvalue weighted by Crippen LogP contribution is -2.25. The number of carbonyl (C=O) groups is 1. The van der Waals surface area contributed by atoms with E-state index in [1.807, 2.05) is 31.2 Å². The third kappa shape index (κ3) is 5.87. The number of aryl methyl sites for hydroxylation is 1. The molecule has 25 heavy (non-hydrogen) atoms. The first kappa shape index (κ1) is 19.5. The van der Waals surface area contributed by atoms with Crippen LogP contribution < -0.4 is 10.2 Å². The van der Waals surface area contributed by atoms with Gasteiger partial charge in [0.1, 0.15) is 5.75 Å². The lowest BCUT2D eigenvalue weighted by Gasteiger charge is -2.15. The number of hydrogen-bond acceptors (Lipinski definition) is 3. The second-order valence-electron chi connectivity index (χ2n) is 5.93. The van der Waals surface area contributed by atoms with E-state index in [0.29, 0.717) is 10.8 Å². The lowest BCUT2D eigenvalue weighted by molar-refractivity contribution is -0.123. The minimum Gasteiger partial charge on any atom is -0.483 e. The molecule has 0 unspecified atom stereocenters. The van der Waals surface area contributed by atoms with Gasteiger partial charge in [0.15, 0.2) is 6.61 Å². The largest absolute Gasteiger partial charge is 0.483 e. The lowest BCUT2D eigenvalue weighted by atomic mass is 10.0. The van der Waals surface area contributed by atoms with E-state index in [1.54, 1.807) is 12.1 Å². The van der Waals surface area contributed by atoms with E-state index in [0.717, 1.165) is 21.2 Å². The van der Waals surface area contributed by atoms with Gasteiger partial charge in [-0.25, -0.2) is 5.43 Å². The highest BCUT2D eigenvalue weighted by Gasteiger charge is 2.12. The highest BCUT2D eigenvalue weighted by Crippen LogP contribution is 2.32. The standard InChI is InChI=1S/C19H20BrClN2O2/c1-12(2)16-9-17(20)13(3)7-18(16)25-11-19(24)23-22-10-14-5-4-6-15(21)8-14/h4-10,12H,11H2,1-3H3,(H,23,24)/b22-10+. The molecular weight excluding hydrogens is 404 g/mol. The molecule has 0 aliphatic heterocycles. The number of carbonyl (C=O) groups excluding carboxylic acids is 1. The molecule has 0 radical (unpaired) electrons. The smallest absolute Gasteiger partial charge is 0.277 e. The quantitative estimate of drug-likeness (QED) is 0.521. The Morgan fingerprint density at radius 1 is 1.36 bits per heavy atom. The molecule has 0 saturated carbocycles. The van der Waals surface area contributed by atoms with Crippen LogP contribution in [0.1, 0.15) is 36.5 Å². The van der Waals surface area contributed by atoms with Crippen molar-refractivity contribution in [1.82, 2.24) is 5.43 Å². The summed E-state index contributed by atoms with van der Waals surface area (Å²) in [5, 5.41) is 4.53. The summed E-state index contributed by atoms with van der Waals surface area (Å²) in [5.41, 5.74) is 5.36. The molecule has 0 aliphatic rings. The van der Waals surface area contributed by atoms with Crippen molar-refractivity contribution in [3.8, 4) is 5.75 Å². The SMILES string of the molecule is Cc1cc(OCC(=O)N/N=C/c2cccc(Cl)c2)c(C(C)C)cc1Br. The molecule has 2 aromatic rings. The Hall–Kier alpha value is -1.85. The molecule has 132 valence electrons. The molecule has 2 aromatic carbocycles. The van der Waals surface area contributed by atoms with Crippen LogP contribution in [0.5, 0.6) is 5.75 Å². The van der Waals surface area contributed by atoms with Crippen molar-refractivity contribution < 1.29 is 9.53 Å². The van der Waals surface area contributed by atoms with Crippen LogP contribution in [0, 0.1) is 6.92 Å². The summed E-state index contributed by atoms with van der Waals surface area (Å²) in [6.07, 6.45) is 1.53. The van der Waals surface area contributed by atoms with Crippen molar-refractivity contribution in [2.45, 2.75) is 26.7 Å². The van der Waals surface area contributed by atoms with Crippen molar-refractivity contribution in [3.05, 3.63) is 62.6 Å². The second-order valence-corrected chi connectivity index (χ2v) is 7.22. The van der Waals surface area contributed by atoms with Gasteiger partial charge in [-0.2, -0.15) is 5.10 Å². The maximum atomic E-state index is 11.9. The average molecular weight is 424 g/mol. The van der Waals surface area contributed by atoms with Gasteiger partial charge >= 0.3 is 0 Å². The molecular formula is C19H20BrClN2O2. The fourth-order valence-electron chi connectivity index (χ4n) is 2.19. The number of amides is 1. The summed E-state index contributed by atoms with van der Waals surface area (Å²) in [7, 11) is 0. The third-order valence-corrected chi connectivity index (χ3v) is 4.61. The number of nitrogens with one attached hydrogen (secondary N) is 1. The van der Waals surface area contributed by atoms with Crippen LogP contribution in [0.15, 0.2) is 46.0 Å². The Morgan fingerprint density at radius 3 is 2.80 bits per heavy atom. The maximum Gasteiger partial charge on any atom is 0.277 e. The third-order valence-electron chi connectivity index (χ3n) is 3.52. The zero-order valence-electron chi connectivity index (χ0n) is 14.3. The number of halogens is 2. The van der Waals surface area contributed by atoms with E-state index in [9.17, 15) is 4.79 Å². The summed E-state index contributed by atoms with van der Waals surface area (Å²) in [5.74, 6) is 0.675. The monoisotopic (exact) mass is 422 g/mol. The molecule has 4 nitrogen and oxygen atoms in total. The molecule has 0 fully saturated rings. The zero-order chi connectivity index (χ0) is 18.4. The molecule has 1 amide bonds. The van der Waals surface area contributed by atoms with Crippen molar-refractivity contribution in [3.63, 3.8) is 0 Å². The van der Waals surface area contributed by atoms with E-state index in [-0.39, 0.29) is 18.4 Å². The van der Waals surface area contributed by atoms with E-state index in [2.05, 4.69) is 40.3 Å². The van der Waals surface area contributed by atoms with Crippen LogP contribution in [0.3, 0.4) is 0 Å². The minimum atomic E-state index is -0.325. The Labute approximate surface area is 161 Å². The summed E-state index contributed by atoms with van der Waals surface area (Å²) in [6.45, 7) is 6.04. The second kappa shape index (κ2) is 9.02.